The van der Waals surface area contributed by atoms with E-state index in [4.69, 9.17) is 0 Å². The zero-order valence-corrected chi connectivity index (χ0v) is 10.7. The molecule has 0 radical (unpaired) electrons. The van der Waals surface area contributed by atoms with Gasteiger partial charge in [0.15, 0.2) is 0 Å². The van der Waals surface area contributed by atoms with Crippen LogP contribution in [-0.4, -0.2) is 42.6 Å². The summed E-state index contributed by atoms with van der Waals surface area (Å²) in [4.78, 5) is 9.05. The molecule has 1 aliphatic heterocycles. The number of halogens is 1. The Morgan fingerprint density at radius 1 is 1.40 bits per heavy atom. The molecule has 0 bridgehead atoms. The molecule has 0 saturated carbocycles. The molecule has 2 heterocycles. The van der Waals surface area contributed by atoms with Gasteiger partial charge in [-0.15, -0.1) is 0 Å². The van der Waals surface area contributed by atoms with Gasteiger partial charge < -0.3 is 9.80 Å². The summed E-state index contributed by atoms with van der Waals surface area (Å²) < 4.78 is 0.896. The van der Waals surface area contributed by atoms with Gasteiger partial charge in [0.05, 0.1) is 11.9 Å². The summed E-state index contributed by atoms with van der Waals surface area (Å²) in [6.07, 6.45) is 1.94. The van der Waals surface area contributed by atoms with Gasteiger partial charge in [0.25, 0.3) is 0 Å². The van der Waals surface area contributed by atoms with E-state index in [2.05, 4.69) is 50.8 Å². The Kier molecular flexibility index (Phi) is 3.26. The van der Waals surface area contributed by atoms with Crippen molar-refractivity contribution in [3.8, 4) is 0 Å². The molecule has 1 fully saturated rings. The first-order valence-electron chi connectivity index (χ1n) is 5.23. The Labute approximate surface area is 99.2 Å². The minimum absolute atomic E-state index is 0.562. The number of hydrogen-bond donors (Lipinski definition) is 0. The van der Waals surface area contributed by atoms with Crippen molar-refractivity contribution in [1.82, 2.24) is 9.88 Å². The van der Waals surface area contributed by atoms with E-state index >= 15 is 0 Å². The lowest BCUT2D eigenvalue weighted by atomic mass is 10.2. The zero-order valence-electron chi connectivity index (χ0n) is 9.15. The van der Waals surface area contributed by atoms with Crippen LogP contribution in [0.4, 0.5) is 5.69 Å². The molecule has 0 aromatic carbocycles. The highest BCUT2D eigenvalue weighted by Gasteiger charge is 2.21. The quantitative estimate of drug-likeness (QED) is 0.727. The molecule has 1 aromatic heterocycles. The van der Waals surface area contributed by atoms with E-state index in [0.29, 0.717) is 6.04 Å². The van der Waals surface area contributed by atoms with Gasteiger partial charge in [-0.25, -0.2) is 4.98 Å². The third-order valence-corrected chi connectivity index (χ3v) is 3.34. The monoisotopic (exact) mass is 269 g/mol. The van der Waals surface area contributed by atoms with Crippen LogP contribution >= 0.6 is 15.9 Å². The number of aromatic nitrogens is 1. The Hall–Kier alpha value is -0.610. The number of rotatable bonds is 1. The van der Waals surface area contributed by atoms with Crippen LogP contribution in [0.3, 0.4) is 0 Å². The predicted octanol–water partition coefficient (Wildman–Crippen LogP) is 1.98. The second-order valence-corrected chi connectivity index (χ2v) is 4.96. The molecule has 3 nitrogen and oxygen atoms in total. The highest BCUT2D eigenvalue weighted by molar-refractivity contribution is 9.10. The number of hydrogen-bond acceptors (Lipinski definition) is 3. The maximum Gasteiger partial charge on any atom is 0.106 e. The summed E-state index contributed by atoms with van der Waals surface area (Å²) in [5, 5.41) is 0. The van der Waals surface area contributed by atoms with E-state index in [1.165, 1.54) is 5.69 Å². The lowest BCUT2D eigenvalue weighted by Crippen LogP contribution is -2.50. The molecule has 0 spiro atoms. The minimum Gasteiger partial charge on any atom is -0.365 e. The normalized spacial score (nSPS) is 23.1. The van der Waals surface area contributed by atoms with Crippen LogP contribution in [0, 0.1) is 0 Å². The van der Waals surface area contributed by atoms with Crippen molar-refractivity contribution < 1.29 is 0 Å². The van der Waals surface area contributed by atoms with E-state index in [1.54, 1.807) is 0 Å². The molecule has 0 aliphatic carbocycles. The van der Waals surface area contributed by atoms with Crippen molar-refractivity contribution in [1.29, 1.82) is 0 Å². The molecule has 15 heavy (non-hydrogen) atoms. The summed E-state index contributed by atoms with van der Waals surface area (Å²) in [6.45, 7) is 5.59. The Balaban J connectivity index is 2.13. The van der Waals surface area contributed by atoms with Crippen LogP contribution in [0.15, 0.2) is 22.9 Å². The molecule has 0 N–H and O–H groups in total. The standard InChI is InChI=1S/C11H16BrN3/c1-9-8-14(2)5-6-15(9)10-3-4-11(12)13-7-10/h3-4,7,9H,5-6,8H2,1-2H3/t9-/m0/s1. The van der Waals surface area contributed by atoms with Gasteiger partial charge in [-0.2, -0.15) is 0 Å². The van der Waals surface area contributed by atoms with E-state index in [0.717, 1.165) is 24.2 Å². The van der Waals surface area contributed by atoms with Crippen LogP contribution in [0.5, 0.6) is 0 Å². The molecular weight excluding hydrogens is 254 g/mol. The molecule has 1 atom stereocenters. The third-order valence-electron chi connectivity index (χ3n) is 2.87. The molecular formula is C11H16BrN3. The molecule has 82 valence electrons. The van der Waals surface area contributed by atoms with E-state index in [1.807, 2.05) is 12.3 Å². The molecule has 0 unspecified atom stereocenters. The first kappa shape index (κ1) is 10.9. The largest absolute Gasteiger partial charge is 0.365 e. The molecule has 0 amide bonds. The zero-order chi connectivity index (χ0) is 10.8. The van der Waals surface area contributed by atoms with Crippen LogP contribution in [0.2, 0.25) is 0 Å². The molecule has 1 saturated heterocycles. The number of anilines is 1. The first-order valence-corrected chi connectivity index (χ1v) is 6.03. The SMILES string of the molecule is C[C@H]1CN(C)CCN1c1ccc(Br)nc1. The highest BCUT2D eigenvalue weighted by atomic mass is 79.9. The van der Waals surface area contributed by atoms with Crippen molar-refractivity contribution in [2.75, 3.05) is 31.6 Å². The summed E-state index contributed by atoms with van der Waals surface area (Å²) in [5.41, 5.74) is 1.22. The Bertz CT molecular complexity index is 325. The molecule has 4 heteroatoms. The number of pyridine rings is 1. The van der Waals surface area contributed by atoms with Gasteiger partial charge in [-0.1, -0.05) is 0 Å². The van der Waals surface area contributed by atoms with E-state index in [-0.39, 0.29) is 0 Å². The summed E-state index contributed by atoms with van der Waals surface area (Å²) in [7, 11) is 2.17. The summed E-state index contributed by atoms with van der Waals surface area (Å²) >= 11 is 3.36. The van der Waals surface area contributed by atoms with Crippen LogP contribution in [-0.2, 0) is 0 Å². The van der Waals surface area contributed by atoms with Crippen molar-refractivity contribution >= 4 is 21.6 Å². The fourth-order valence-electron chi connectivity index (χ4n) is 2.06. The van der Waals surface area contributed by atoms with E-state index < -0.39 is 0 Å². The van der Waals surface area contributed by atoms with Gasteiger partial charge in [0, 0.05) is 25.7 Å². The maximum atomic E-state index is 4.27. The second kappa shape index (κ2) is 4.49. The van der Waals surface area contributed by atoms with Crippen molar-refractivity contribution in [3.63, 3.8) is 0 Å². The van der Waals surface area contributed by atoms with Crippen molar-refractivity contribution in [3.05, 3.63) is 22.9 Å². The minimum atomic E-state index is 0.562. The number of likely N-dealkylation sites (N-methyl/N-ethyl adjacent to an activating group) is 1. The average molecular weight is 270 g/mol. The predicted molar refractivity (Wildman–Crippen MR) is 66.2 cm³/mol. The van der Waals surface area contributed by atoms with Gasteiger partial charge in [-0.3, -0.25) is 0 Å². The summed E-state index contributed by atoms with van der Waals surface area (Å²) in [5.74, 6) is 0. The Morgan fingerprint density at radius 2 is 2.20 bits per heavy atom. The van der Waals surface area contributed by atoms with Crippen LogP contribution < -0.4 is 4.90 Å². The van der Waals surface area contributed by atoms with Crippen molar-refractivity contribution in [2.45, 2.75) is 13.0 Å². The van der Waals surface area contributed by atoms with Gasteiger partial charge in [0.1, 0.15) is 4.60 Å². The van der Waals surface area contributed by atoms with Gasteiger partial charge >= 0.3 is 0 Å². The van der Waals surface area contributed by atoms with Crippen LogP contribution in [0.25, 0.3) is 0 Å². The van der Waals surface area contributed by atoms with Gasteiger partial charge in [-0.05, 0) is 42.0 Å². The van der Waals surface area contributed by atoms with Crippen LogP contribution in [0.1, 0.15) is 6.92 Å². The fraction of sp³-hybridized carbons (Fsp3) is 0.545. The summed E-state index contributed by atoms with van der Waals surface area (Å²) in [6, 6.07) is 4.69. The van der Waals surface area contributed by atoms with E-state index in [9.17, 15) is 0 Å². The molecule has 2 rings (SSSR count). The lowest BCUT2D eigenvalue weighted by Gasteiger charge is -2.39. The second-order valence-electron chi connectivity index (χ2n) is 4.14. The third kappa shape index (κ3) is 2.49. The lowest BCUT2D eigenvalue weighted by molar-refractivity contribution is 0.275. The maximum absolute atomic E-state index is 4.27. The number of nitrogens with zero attached hydrogens (tertiary/aromatic N) is 3. The highest BCUT2D eigenvalue weighted by Crippen LogP contribution is 2.20. The number of piperazine rings is 1. The Morgan fingerprint density at radius 3 is 2.80 bits per heavy atom. The molecule has 1 aliphatic rings. The molecule has 1 aromatic rings. The smallest absolute Gasteiger partial charge is 0.106 e. The van der Waals surface area contributed by atoms with Gasteiger partial charge in [0.2, 0.25) is 0 Å². The van der Waals surface area contributed by atoms with Crippen molar-refractivity contribution in [2.24, 2.45) is 0 Å². The average Bonchev–Trinajstić information content (AvgIpc) is 2.20. The topological polar surface area (TPSA) is 19.4 Å². The first-order chi connectivity index (χ1) is 7.16. The fourth-order valence-corrected chi connectivity index (χ4v) is 2.30.